The van der Waals surface area contributed by atoms with Gasteiger partial charge in [-0.2, -0.15) is 0 Å². The number of carbonyl (C=O) groups excluding carboxylic acids is 1. The lowest BCUT2D eigenvalue weighted by Crippen LogP contribution is -2.16. The fraction of sp³-hybridized carbons (Fsp3) is 0.500. The van der Waals surface area contributed by atoms with Crippen LogP contribution in [0.15, 0.2) is 18.2 Å². The molecule has 0 spiro atoms. The summed E-state index contributed by atoms with van der Waals surface area (Å²) in [4.78, 5) is 11.7. The van der Waals surface area contributed by atoms with Gasteiger partial charge in [-0.3, -0.25) is 4.79 Å². The summed E-state index contributed by atoms with van der Waals surface area (Å²) >= 11 is 5.97. The molecule has 0 saturated carbocycles. The number of nitrogens with one attached hydrogen (secondary N) is 1. The second-order valence-electron chi connectivity index (χ2n) is 4.26. The first-order chi connectivity index (χ1) is 10.1. The van der Waals surface area contributed by atoms with E-state index in [9.17, 15) is 4.79 Å². The van der Waals surface area contributed by atoms with Gasteiger partial charge >= 0.3 is 0 Å². The van der Waals surface area contributed by atoms with Crippen molar-refractivity contribution in [2.24, 2.45) is 0 Å². The molecule has 0 aliphatic carbocycles. The maximum atomic E-state index is 11.7. The van der Waals surface area contributed by atoms with Gasteiger partial charge in [-0.05, 0) is 18.2 Å². The number of anilines is 2. The van der Waals surface area contributed by atoms with E-state index in [1.165, 1.54) is 0 Å². The predicted molar refractivity (Wildman–Crippen MR) is 82.6 cm³/mol. The number of ether oxygens (including phenoxy) is 3. The summed E-state index contributed by atoms with van der Waals surface area (Å²) in [6.45, 7) is 2.35. The van der Waals surface area contributed by atoms with Gasteiger partial charge in [0.15, 0.2) is 0 Å². The van der Waals surface area contributed by atoms with Crippen molar-refractivity contribution in [3.05, 3.63) is 23.2 Å². The average molecular weight is 317 g/mol. The monoisotopic (exact) mass is 316 g/mol. The minimum Gasteiger partial charge on any atom is -0.399 e. The number of halogens is 1. The Kier molecular flexibility index (Phi) is 8.77. The molecule has 0 saturated heterocycles. The highest BCUT2D eigenvalue weighted by Gasteiger charge is 2.06. The third-order valence-corrected chi connectivity index (χ3v) is 2.86. The zero-order valence-electron chi connectivity index (χ0n) is 12.1. The van der Waals surface area contributed by atoms with Crippen molar-refractivity contribution in [2.45, 2.75) is 6.42 Å². The quantitative estimate of drug-likeness (QED) is 0.509. The second kappa shape index (κ2) is 10.4. The van der Waals surface area contributed by atoms with Crippen LogP contribution in [0.1, 0.15) is 6.42 Å². The van der Waals surface area contributed by atoms with Crippen LogP contribution < -0.4 is 11.1 Å². The number of nitrogens with two attached hydrogens (primary N) is 1. The molecule has 0 atom stereocenters. The summed E-state index contributed by atoms with van der Waals surface area (Å²) in [6, 6.07) is 4.93. The Hall–Kier alpha value is -1.34. The fourth-order valence-electron chi connectivity index (χ4n) is 1.47. The minimum atomic E-state index is -0.165. The van der Waals surface area contributed by atoms with Gasteiger partial charge in [0.2, 0.25) is 5.91 Å². The first kappa shape index (κ1) is 17.7. The summed E-state index contributed by atoms with van der Waals surface area (Å²) in [5.41, 5.74) is 6.67. The van der Waals surface area contributed by atoms with Crippen molar-refractivity contribution in [3.8, 4) is 0 Å². The van der Waals surface area contributed by atoms with Crippen molar-refractivity contribution in [1.82, 2.24) is 0 Å². The standard InChI is InChI=1S/C14H21ClN2O4/c1-19-6-7-21-9-8-20-5-4-14(18)17-13-3-2-11(16)10-12(13)15/h2-3,10H,4-9,16H2,1H3,(H,17,18). The van der Waals surface area contributed by atoms with Gasteiger partial charge in [0.05, 0.1) is 50.2 Å². The Morgan fingerprint density at radius 3 is 2.52 bits per heavy atom. The number of amides is 1. The summed E-state index contributed by atoms with van der Waals surface area (Å²) in [6.07, 6.45) is 0.249. The van der Waals surface area contributed by atoms with E-state index in [0.717, 1.165) is 0 Å². The van der Waals surface area contributed by atoms with Crippen LogP contribution in [-0.2, 0) is 19.0 Å². The predicted octanol–water partition coefficient (Wildman–Crippen LogP) is 1.93. The van der Waals surface area contributed by atoms with Gasteiger partial charge in [0, 0.05) is 12.8 Å². The molecule has 118 valence electrons. The fourth-order valence-corrected chi connectivity index (χ4v) is 1.71. The minimum absolute atomic E-state index is 0.165. The van der Waals surface area contributed by atoms with E-state index in [2.05, 4.69) is 5.32 Å². The van der Waals surface area contributed by atoms with Crippen molar-refractivity contribution in [3.63, 3.8) is 0 Å². The summed E-state index contributed by atoms with van der Waals surface area (Å²) in [5, 5.41) is 3.11. The molecule has 0 fully saturated rings. The van der Waals surface area contributed by atoms with Gasteiger partial charge in [-0.15, -0.1) is 0 Å². The number of carbonyl (C=O) groups is 1. The van der Waals surface area contributed by atoms with Gasteiger partial charge in [0.25, 0.3) is 0 Å². The molecule has 6 nitrogen and oxygen atoms in total. The summed E-state index contributed by atoms with van der Waals surface area (Å²) in [7, 11) is 1.62. The molecule has 0 aromatic heterocycles. The zero-order chi connectivity index (χ0) is 15.5. The molecule has 0 heterocycles. The molecule has 7 heteroatoms. The molecule has 0 bridgehead atoms. The van der Waals surface area contributed by atoms with Crippen molar-refractivity contribution in [1.29, 1.82) is 0 Å². The van der Waals surface area contributed by atoms with E-state index in [1.807, 2.05) is 0 Å². The SMILES string of the molecule is COCCOCCOCCC(=O)Nc1ccc(N)cc1Cl. The maximum absolute atomic E-state index is 11.7. The number of benzene rings is 1. The lowest BCUT2D eigenvalue weighted by molar-refractivity contribution is -0.117. The highest BCUT2D eigenvalue weighted by atomic mass is 35.5. The first-order valence-electron chi connectivity index (χ1n) is 6.62. The van der Waals surface area contributed by atoms with Crippen LogP contribution in [0.4, 0.5) is 11.4 Å². The van der Waals surface area contributed by atoms with Crippen molar-refractivity contribution in [2.75, 3.05) is 51.2 Å². The Labute approximate surface area is 129 Å². The van der Waals surface area contributed by atoms with E-state index < -0.39 is 0 Å². The number of methoxy groups -OCH3 is 1. The summed E-state index contributed by atoms with van der Waals surface area (Å²) < 4.78 is 15.4. The molecular weight excluding hydrogens is 296 g/mol. The van der Waals surface area contributed by atoms with Crippen LogP contribution in [0, 0.1) is 0 Å². The number of hydrogen-bond donors (Lipinski definition) is 2. The van der Waals surface area contributed by atoms with Gasteiger partial charge < -0.3 is 25.3 Å². The molecule has 1 rings (SSSR count). The summed E-state index contributed by atoms with van der Waals surface area (Å²) in [5.74, 6) is -0.165. The third kappa shape index (κ3) is 7.87. The number of nitrogen functional groups attached to an aromatic ring is 1. The Morgan fingerprint density at radius 2 is 1.86 bits per heavy atom. The highest BCUT2D eigenvalue weighted by Crippen LogP contribution is 2.23. The van der Waals surface area contributed by atoms with Crippen molar-refractivity contribution < 1.29 is 19.0 Å². The Balaban J connectivity index is 2.11. The molecule has 0 radical (unpaired) electrons. The average Bonchev–Trinajstić information content (AvgIpc) is 2.45. The lowest BCUT2D eigenvalue weighted by Gasteiger charge is -2.08. The zero-order valence-corrected chi connectivity index (χ0v) is 12.8. The molecule has 21 heavy (non-hydrogen) atoms. The highest BCUT2D eigenvalue weighted by molar-refractivity contribution is 6.34. The van der Waals surface area contributed by atoms with E-state index >= 15 is 0 Å². The number of hydrogen-bond acceptors (Lipinski definition) is 5. The van der Waals surface area contributed by atoms with Crippen LogP contribution in [0.3, 0.4) is 0 Å². The van der Waals surface area contributed by atoms with Crippen LogP contribution in [-0.4, -0.2) is 46.1 Å². The molecule has 0 unspecified atom stereocenters. The largest absolute Gasteiger partial charge is 0.399 e. The van der Waals surface area contributed by atoms with Crippen LogP contribution >= 0.6 is 11.6 Å². The molecule has 1 aromatic rings. The van der Waals surface area contributed by atoms with Crippen LogP contribution in [0.5, 0.6) is 0 Å². The van der Waals surface area contributed by atoms with E-state index in [4.69, 9.17) is 31.5 Å². The molecule has 3 N–H and O–H groups in total. The first-order valence-corrected chi connectivity index (χ1v) is 7.00. The molecule has 1 amide bonds. The smallest absolute Gasteiger partial charge is 0.226 e. The van der Waals surface area contributed by atoms with Gasteiger partial charge in [0.1, 0.15) is 0 Å². The molecule has 0 aliphatic rings. The van der Waals surface area contributed by atoms with E-state index in [0.29, 0.717) is 49.4 Å². The molecule has 0 aliphatic heterocycles. The number of rotatable bonds is 10. The van der Waals surface area contributed by atoms with E-state index in [-0.39, 0.29) is 12.3 Å². The Bertz CT molecular complexity index is 443. The van der Waals surface area contributed by atoms with Crippen molar-refractivity contribution >= 4 is 28.9 Å². The van der Waals surface area contributed by atoms with E-state index in [1.54, 1.807) is 25.3 Å². The molecule has 1 aromatic carbocycles. The van der Waals surface area contributed by atoms with Crippen LogP contribution in [0.2, 0.25) is 5.02 Å². The van der Waals surface area contributed by atoms with Gasteiger partial charge in [-0.25, -0.2) is 0 Å². The topological polar surface area (TPSA) is 82.8 Å². The van der Waals surface area contributed by atoms with Crippen LogP contribution in [0.25, 0.3) is 0 Å². The second-order valence-corrected chi connectivity index (χ2v) is 4.66. The third-order valence-electron chi connectivity index (χ3n) is 2.54. The lowest BCUT2D eigenvalue weighted by atomic mass is 10.2. The Morgan fingerprint density at radius 1 is 1.19 bits per heavy atom. The van der Waals surface area contributed by atoms with Gasteiger partial charge in [-0.1, -0.05) is 11.6 Å². The maximum Gasteiger partial charge on any atom is 0.226 e. The normalized spacial score (nSPS) is 10.6. The molecular formula is C14H21ClN2O4.